The molecule has 2 aliphatic rings. The van der Waals surface area contributed by atoms with Crippen LogP contribution < -0.4 is 20.7 Å². The van der Waals surface area contributed by atoms with Gasteiger partial charge in [0.05, 0.1) is 11.7 Å². The van der Waals surface area contributed by atoms with Crippen LogP contribution in [0.3, 0.4) is 0 Å². The van der Waals surface area contributed by atoms with Gasteiger partial charge in [0, 0.05) is 35.2 Å². The Morgan fingerprint density at radius 3 is 2.91 bits per heavy atom. The van der Waals surface area contributed by atoms with Crippen molar-refractivity contribution in [2.75, 3.05) is 18.6 Å². The molecule has 0 bridgehead atoms. The molecule has 1 saturated heterocycles. The van der Waals surface area contributed by atoms with E-state index < -0.39 is 29.2 Å². The fourth-order valence-corrected chi connectivity index (χ4v) is 6.58. The van der Waals surface area contributed by atoms with Crippen LogP contribution in [0, 0.1) is 6.92 Å². The minimum atomic E-state index is -1.44. The number of aryl methyl sites for hydroxylation is 1. The van der Waals surface area contributed by atoms with E-state index in [0.29, 0.717) is 17.9 Å². The highest BCUT2D eigenvalue weighted by Crippen LogP contribution is 2.40. The molecule has 2 amide bonds. The Kier molecular flexibility index (Phi) is 5.94. The van der Waals surface area contributed by atoms with Crippen molar-refractivity contribution in [3.05, 3.63) is 40.7 Å². The molecule has 3 aromatic heterocycles. The van der Waals surface area contributed by atoms with Crippen LogP contribution in [-0.4, -0.2) is 66.4 Å². The molecule has 3 aromatic rings. The maximum absolute atomic E-state index is 13.0. The van der Waals surface area contributed by atoms with Crippen molar-refractivity contribution in [3.8, 4) is 0 Å². The number of nitrogens with one attached hydrogen (secondary N) is 1. The van der Waals surface area contributed by atoms with Crippen molar-refractivity contribution in [3.63, 3.8) is 0 Å². The Hall–Kier alpha value is -3.50. The van der Waals surface area contributed by atoms with Gasteiger partial charge >= 0.3 is 0 Å². The van der Waals surface area contributed by atoms with Crippen LogP contribution in [0.25, 0.3) is 4.83 Å². The first kappa shape index (κ1) is 23.3. The summed E-state index contributed by atoms with van der Waals surface area (Å²) in [6.07, 6.45) is 3.88. The topological polar surface area (TPSA) is 171 Å². The molecule has 0 aromatic carbocycles. The molecule has 5 heterocycles. The highest BCUT2D eigenvalue weighted by atomic mass is 32.2. The van der Waals surface area contributed by atoms with Gasteiger partial charge in [-0.2, -0.15) is 13.8 Å². The quantitative estimate of drug-likeness (QED) is 0.158. The van der Waals surface area contributed by atoms with Gasteiger partial charge in [-0.1, -0.05) is 16.5 Å². The molecule has 13 nitrogen and oxygen atoms in total. The second-order valence-corrected chi connectivity index (χ2v) is 10.4. The van der Waals surface area contributed by atoms with Gasteiger partial charge in [0.2, 0.25) is 16.4 Å². The molecule has 1 fully saturated rings. The molecule has 0 spiro atoms. The van der Waals surface area contributed by atoms with Crippen LogP contribution >= 0.6 is 34.6 Å². The monoisotopic (exact) mass is 534 g/mol. The number of rotatable bonds is 7. The number of nitrogens with zero attached hydrogens (tertiary/aromatic N) is 6. The molecule has 0 saturated carbocycles. The lowest BCUT2D eigenvalue weighted by atomic mass is 10.0. The lowest BCUT2D eigenvalue weighted by Crippen LogP contribution is -2.71. The molecule has 182 valence electrons. The van der Waals surface area contributed by atoms with Crippen LogP contribution in [0.15, 0.2) is 34.2 Å². The zero-order valence-corrected chi connectivity index (χ0v) is 20.8. The third-order valence-electron chi connectivity index (χ3n) is 5.61. The van der Waals surface area contributed by atoms with Crippen LogP contribution in [0.4, 0.5) is 5.13 Å². The summed E-state index contributed by atoms with van der Waals surface area (Å²) in [5.41, 5.74) is 5.73. The van der Waals surface area contributed by atoms with E-state index in [-0.39, 0.29) is 22.4 Å². The number of thiazole rings is 1. The van der Waals surface area contributed by atoms with E-state index in [1.54, 1.807) is 11.3 Å². The second-order valence-electron chi connectivity index (χ2n) is 7.59. The normalized spacial score (nSPS) is 20.1. The summed E-state index contributed by atoms with van der Waals surface area (Å²) in [5.74, 6) is -1.50. The van der Waals surface area contributed by atoms with Gasteiger partial charge in [0.1, 0.15) is 37.5 Å². The molecule has 35 heavy (non-hydrogen) atoms. The lowest BCUT2D eigenvalue weighted by Gasteiger charge is -2.50. The third-order valence-corrected chi connectivity index (χ3v) is 8.29. The first-order chi connectivity index (χ1) is 16.8. The SMILES string of the molecule is CO/N=C(\C(=O)N[C@@H]1C(=O)N2C(C(=O)[O-])=C(C[n+]3cc4sccn4c3C)CS[C@H]12)c1nsc(N)n1. The number of hydrogen-bond donors (Lipinski definition) is 2. The minimum Gasteiger partial charge on any atom is -0.543 e. The molecule has 5 rings (SSSR count). The van der Waals surface area contributed by atoms with Crippen LogP contribution in [-0.2, 0) is 25.8 Å². The van der Waals surface area contributed by atoms with Crippen molar-refractivity contribution in [2.24, 2.45) is 5.16 Å². The number of carboxylic acid groups (broad SMARTS) is 1. The van der Waals surface area contributed by atoms with Gasteiger partial charge < -0.3 is 25.8 Å². The van der Waals surface area contributed by atoms with E-state index in [4.69, 9.17) is 10.6 Å². The van der Waals surface area contributed by atoms with Crippen LogP contribution in [0.5, 0.6) is 0 Å². The first-order valence-corrected chi connectivity index (χ1v) is 12.8. The number of amides is 2. The largest absolute Gasteiger partial charge is 0.543 e. The number of oxime groups is 1. The zero-order chi connectivity index (χ0) is 24.9. The number of hydrogen-bond acceptors (Lipinski definition) is 12. The average molecular weight is 535 g/mol. The van der Waals surface area contributed by atoms with Crippen LogP contribution in [0.2, 0.25) is 0 Å². The summed E-state index contributed by atoms with van der Waals surface area (Å²) in [6.45, 7) is 2.23. The molecule has 16 heteroatoms. The molecule has 2 atom stereocenters. The standard InChI is InChI=1S/C19H18N8O5S3/c1-8-25(6-10-26(8)3-4-33-10)5-9-7-34-17-12(16(29)27(17)13(9)18(30)31)21-15(28)11(23-32-2)14-22-19(20)35-24-14/h3-4,6,12,17H,5,7H2,1-2H3,(H3-,20,21,22,24,28,30,31)/b23-11-/t12-,17-/m1/s1. The minimum absolute atomic E-state index is 0.0377. The Labute approximate surface area is 210 Å². The predicted octanol–water partition coefficient (Wildman–Crippen LogP) is -1.51. The van der Waals surface area contributed by atoms with Crippen LogP contribution in [0.1, 0.15) is 11.6 Å². The average Bonchev–Trinajstić information content (AvgIpc) is 3.54. The number of carbonyl (C=O) groups is 3. The highest BCUT2D eigenvalue weighted by molar-refractivity contribution is 8.00. The van der Waals surface area contributed by atoms with E-state index in [1.165, 1.54) is 23.8 Å². The first-order valence-electron chi connectivity index (χ1n) is 10.1. The van der Waals surface area contributed by atoms with Gasteiger partial charge in [-0.05, 0) is 0 Å². The molecular weight excluding hydrogens is 516 g/mol. The molecule has 0 aliphatic carbocycles. The number of nitrogens with two attached hydrogens (primary N) is 1. The van der Waals surface area contributed by atoms with Gasteiger partial charge in [-0.25, -0.2) is 4.57 Å². The molecule has 2 aliphatic heterocycles. The Bertz CT molecular complexity index is 1420. The zero-order valence-electron chi connectivity index (χ0n) is 18.3. The number of nitrogen functional groups attached to an aromatic ring is 1. The van der Waals surface area contributed by atoms with Crippen molar-refractivity contribution in [1.29, 1.82) is 0 Å². The highest BCUT2D eigenvalue weighted by Gasteiger charge is 2.53. The van der Waals surface area contributed by atoms with E-state index in [1.807, 2.05) is 33.7 Å². The molecule has 0 radical (unpaired) electrons. The molecule has 0 unspecified atom stereocenters. The summed E-state index contributed by atoms with van der Waals surface area (Å²) >= 11 is 3.81. The number of thioether (sulfide) groups is 1. The maximum Gasteiger partial charge on any atom is 0.278 e. The van der Waals surface area contributed by atoms with Crippen molar-refractivity contribution in [2.45, 2.75) is 24.9 Å². The number of β-lactam (4-membered cyclic amide) rings is 1. The number of fused-ring (bicyclic) bond motifs is 2. The fourth-order valence-electron chi connectivity index (χ4n) is 3.99. The number of carboxylic acids is 1. The Morgan fingerprint density at radius 2 is 2.26 bits per heavy atom. The number of anilines is 1. The van der Waals surface area contributed by atoms with Crippen molar-refractivity contribution < 1.29 is 28.9 Å². The third kappa shape index (κ3) is 3.92. The smallest absolute Gasteiger partial charge is 0.278 e. The Morgan fingerprint density at radius 1 is 1.46 bits per heavy atom. The maximum atomic E-state index is 13.0. The summed E-state index contributed by atoms with van der Waals surface area (Å²) < 4.78 is 7.89. The van der Waals surface area contributed by atoms with Gasteiger partial charge in [0.15, 0.2) is 5.13 Å². The molecular formula is C19H18N8O5S3. The summed E-state index contributed by atoms with van der Waals surface area (Å²) in [5, 5.41) is 19.8. The number of aromatic nitrogens is 4. The number of aliphatic carboxylic acids is 1. The van der Waals surface area contributed by atoms with E-state index in [9.17, 15) is 19.5 Å². The summed E-state index contributed by atoms with van der Waals surface area (Å²) in [4.78, 5) is 48.7. The number of carbonyl (C=O) groups excluding carboxylic acids is 3. The van der Waals surface area contributed by atoms with Gasteiger partial charge in [0.25, 0.3) is 17.6 Å². The predicted molar refractivity (Wildman–Crippen MR) is 125 cm³/mol. The van der Waals surface area contributed by atoms with Crippen molar-refractivity contribution in [1.82, 2.24) is 24.0 Å². The number of imidazole rings is 1. The fraction of sp³-hybridized carbons (Fsp3) is 0.316. The van der Waals surface area contributed by atoms with Crippen molar-refractivity contribution >= 4 is 68.1 Å². The summed E-state index contributed by atoms with van der Waals surface area (Å²) in [6, 6.07) is -0.962. The lowest BCUT2D eigenvalue weighted by molar-refractivity contribution is -0.693. The summed E-state index contributed by atoms with van der Waals surface area (Å²) in [7, 11) is 1.25. The van der Waals surface area contributed by atoms with E-state index in [0.717, 1.165) is 22.2 Å². The Balaban J connectivity index is 1.37. The van der Waals surface area contributed by atoms with Gasteiger partial charge in [-0.3, -0.25) is 14.5 Å². The second kappa shape index (κ2) is 8.94. The van der Waals surface area contributed by atoms with Gasteiger partial charge in [-0.15, -0.1) is 11.8 Å². The molecule has 3 N–H and O–H groups in total. The van der Waals surface area contributed by atoms with E-state index in [2.05, 4.69) is 19.8 Å². The van der Waals surface area contributed by atoms with E-state index >= 15 is 0 Å².